The monoisotopic (exact) mass is 260 g/mol. The fourth-order valence-electron chi connectivity index (χ4n) is 1.72. The van der Waals surface area contributed by atoms with Crippen molar-refractivity contribution in [2.45, 2.75) is 12.8 Å². The molecule has 0 spiro atoms. The molecule has 1 aliphatic heterocycles. The molecule has 1 aromatic carbocycles. The van der Waals surface area contributed by atoms with Crippen LogP contribution in [0.15, 0.2) is 42.5 Å². The van der Waals surface area contributed by atoms with Crippen LogP contribution < -0.4 is 9.47 Å². The number of carbonyl (C=O) groups is 1. The van der Waals surface area contributed by atoms with Gasteiger partial charge in [-0.25, -0.2) is 4.79 Å². The van der Waals surface area contributed by atoms with Crippen molar-refractivity contribution in [3.8, 4) is 11.5 Å². The largest absolute Gasteiger partial charge is 0.466 e. The van der Waals surface area contributed by atoms with E-state index in [0.717, 1.165) is 24.3 Å². The van der Waals surface area contributed by atoms with E-state index in [2.05, 4.69) is 4.74 Å². The van der Waals surface area contributed by atoms with Gasteiger partial charge in [0.2, 0.25) is 6.79 Å². The summed E-state index contributed by atoms with van der Waals surface area (Å²) in [4.78, 5) is 10.8. The molecule has 0 atom stereocenters. The maximum absolute atomic E-state index is 10.8. The number of hydrogen-bond donors (Lipinski definition) is 0. The highest BCUT2D eigenvalue weighted by atomic mass is 16.7. The Morgan fingerprint density at radius 3 is 3.00 bits per heavy atom. The molecule has 1 heterocycles. The molecular formula is C15H16O4. The van der Waals surface area contributed by atoms with Gasteiger partial charge >= 0.3 is 5.97 Å². The van der Waals surface area contributed by atoms with Crippen molar-refractivity contribution < 1.29 is 19.0 Å². The van der Waals surface area contributed by atoms with Crippen molar-refractivity contribution in [3.63, 3.8) is 0 Å². The molecule has 1 aliphatic rings. The van der Waals surface area contributed by atoms with Gasteiger partial charge in [0.1, 0.15) is 0 Å². The second kappa shape index (κ2) is 6.64. The first-order chi connectivity index (χ1) is 9.29. The molecule has 0 unspecified atom stereocenters. The number of rotatable bonds is 5. The maximum Gasteiger partial charge on any atom is 0.330 e. The van der Waals surface area contributed by atoms with Crippen molar-refractivity contribution in [3.05, 3.63) is 48.1 Å². The lowest BCUT2D eigenvalue weighted by atomic mass is 10.1. The van der Waals surface area contributed by atoms with E-state index in [-0.39, 0.29) is 5.97 Å². The Balaban J connectivity index is 1.78. The zero-order valence-electron chi connectivity index (χ0n) is 10.8. The van der Waals surface area contributed by atoms with Crippen LogP contribution in [0.5, 0.6) is 11.5 Å². The van der Waals surface area contributed by atoms with Gasteiger partial charge in [0.05, 0.1) is 7.11 Å². The molecule has 0 saturated carbocycles. The molecule has 0 amide bonds. The summed E-state index contributed by atoms with van der Waals surface area (Å²) >= 11 is 0. The van der Waals surface area contributed by atoms with Crippen LogP contribution in [-0.4, -0.2) is 19.9 Å². The molecule has 0 N–H and O–H groups in total. The standard InChI is InChI=1S/C15H16O4/c1-17-15(16)7-5-3-2-4-6-12-8-9-13-14(10-12)19-11-18-13/h2-3,5,7-10H,4,6,11H2,1H3. The molecule has 2 rings (SSSR count). The number of esters is 1. The van der Waals surface area contributed by atoms with Gasteiger partial charge in [0, 0.05) is 6.08 Å². The molecule has 19 heavy (non-hydrogen) atoms. The topological polar surface area (TPSA) is 44.8 Å². The third kappa shape index (κ3) is 3.88. The molecule has 0 aromatic heterocycles. The number of carbonyl (C=O) groups excluding carboxylic acids is 1. The lowest BCUT2D eigenvalue weighted by Crippen LogP contribution is -1.93. The van der Waals surface area contributed by atoms with Gasteiger partial charge in [-0.3, -0.25) is 0 Å². The number of allylic oxidation sites excluding steroid dienone is 3. The highest BCUT2D eigenvalue weighted by Gasteiger charge is 2.12. The summed E-state index contributed by atoms with van der Waals surface area (Å²) in [5, 5.41) is 0. The van der Waals surface area contributed by atoms with Crippen molar-refractivity contribution in [2.24, 2.45) is 0 Å². The van der Waals surface area contributed by atoms with E-state index in [0.29, 0.717) is 6.79 Å². The molecule has 0 radical (unpaired) electrons. The highest BCUT2D eigenvalue weighted by molar-refractivity contribution is 5.82. The average Bonchev–Trinajstić information content (AvgIpc) is 2.89. The molecule has 0 fully saturated rings. The summed E-state index contributed by atoms with van der Waals surface area (Å²) < 4.78 is 15.1. The quantitative estimate of drug-likeness (QED) is 0.464. The molecule has 0 bridgehead atoms. The molecule has 4 nitrogen and oxygen atoms in total. The van der Waals surface area contributed by atoms with E-state index in [9.17, 15) is 4.79 Å². The second-order valence-electron chi connectivity index (χ2n) is 4.04. The van der Waals surface area contributed by atoms with E-state index in [1.165, 1.54) is 18.7 Å². The maximum atomic E-state index is 10.8. The number of ether oxygens (including phenoxy) is 3. The summed E-state index contributed by atoms with van der Waals surface area (Å²) in [7, 11) is 1.36. The fourth-order valence-corrected chi connectivity index (χ4v) is 1.72. The number of fused-ring (bicyclic) bond motifs is 1. The predicted molar refractivity (Wildman–Crippen MR) is 71.2 cm³/mol. The number of aryl methyl sites for hydroxylation is 1. The van der Waals surface area contributed by atoms with Crippen LogP contribution in [0.1, 0.15) is 12.0 Å². The van der Waals surface area contributed by atoms with Gasteiger partial charge in [-0.1, -0.05) is 24.3 Å². The summed E-state index contributed by atoms with van der Waals surface area (Å²) in [6, 6.07) is 5.96. The van der Waals surface area contributed by atoms with E-state index < -0.39 is 0 Å². The first kappa shape index (κ1) is 13.2. The third-order valence-corrected chi connectivity index (χ3v) is 2.72. The Labute approximate surface area is 112 Å². The first-order valence-corrected chi connectivity index (χ1v) is 6.09. The van der Waals surface area contributed by atoms with E-state index >= 15 is 0 Å². The molecule has 4 heteroatoms. The SMILES string of the molecule is COC(=O)C=CC=CCCc1ccc2c(c1)OCO2. The van der Waals surface area contributed by atoms with E-state index in [1.54, 1.807) is 6.08 Å². The zero-order valence-corrected chi connectivity index (χ0v) is 10.8. The summed E-state index contributed by atoms with van der Waals surface area (Å²) in [5.41, 5.74) is 1.20. The summed E-state index contributed by atoms with van der Waals surface area (Å²) in [6.07, 6.45) is 8.71. The molecule has 0 saturated heterocycles. The van der Waals surface area contributed by atoms with E-state index in [4.69, 9.17) is 9.47 Å². The minimum Gasteiger partial charge on any atom is -0.466 e. The van der Waals surface area contributed by atoms with Gasteiger partial charge in [0.15, 0.2) is 11.5 Å². The van der Waals surface area contributed by atoms with Gasteiger partial charge in [0.25, 0.3) is 0 Å². The van der Waals surface area contributed by atoms with Crippen molar-refractivity contribution >= 4 is 5.97 Å². The average molecular weight is 260 g/mol. The predicted octanol–water partition coefficient (Wildman–Crippen LogP) is 2.63. The fraction of sp³-hybridized carbons (Fsp3) is 0.267. The van der Waals surface area contributed by atoms with Crippen LogP contribution in [0.2, 0.25) is 0 Å². The van der Waals surface area contributed by atoms with Gasteiger partial charge in [-0.2, -0.15) is 0 Å². The first-order valence-electron chi connectivity index (χ1n) is 6.09. The molecule has 1 aromatic rings. The molecule has 100 valence electrons. The van der Waals surface area contributed by atoms with Crippen molar-refractivity contribution in [1.29, 1.82) is 0 Å². The van der Waals surface area contributed by atoms with Gasteiger partial charge < -0.3 is 14.2 Å². The normalized spacial score (nSPS) is 13.3. The van der Waals surface area contributed by atoms with Crippen LogP contribution in [0.4, 0.5) is 0 Å². The van der Waals surface area contributed by atoms with Crippen LogP contribution in [0.3, 0.4) is 0 Å². The van der Waals surface area contributed by atoms with Crippen LogP contribution >= 0.6 is 0 Å². The second-order valence-corrected chi connectivity index (χ2v) is 4.04. The van der Waals surface area contributed by atoms with Crippen LogP contribution in [0.25, 0.3) is 0 Å². The van der Waals surface area contributed by atoms with Gasteiger partial charge in [-0.15, -0.1) is 0 Å². The van der Waals surface area contributed by atoms with Gasteiger partial charge in [-0.05, 0) is 30.5 Å². The molecular weight excluding hydrogens is 244 g/mol. The Kier molecular flexibility index (Phi) is 4.61. The molecule has 0 aliphatic carbocycles. The number of hydrogen-bond acceptors (Lipinski definition) is 4. The highest BCUT2D eigenvalue weighted by Crippen LogP contribution is 2.32. The Morgan fingerprint density at radius 1 is 1.32 bits per heavy atom. The van der Waals surface area contributed by atoms with Crippen molar-refractivity contribution in [1.82, 2.24) is 0 Å². The van der Waals surface area contributed by atoms with Crippen molar-refractivity contribution in [2.75, 3.05) is 13.9 Å². The third-order valence-electron chi connectivity index (χ3n) is 2.72. The number of methoxy groups -OCH3 is 1. The minimum absolute atomic E-state index is 0.303. The van der Waals surface area contributed by atoms with Crippen LogP contribution in [-0.2, 0) is 16.0 Å². The lowest BCUT2D eigenvalue weighted by molar-refractivity contribution is -0.134. The van der Waals surface area contributed by atoms with E-state index in [1.807, 2.05) is 30.4 Å². The summed E-state index contributed by atoms with van der Waals surface area (Å²) in [5.74, 6) is 1.27. The Morgan fingerprint density at radius 2 is 2.16 bits per heavy atom. The Hall–Kier alpha value is -2.23. The zero-order chi connectivity index (χ0) is 13.5. The lowest BCUT2D eigenvalue weighted by Gasteiger charge is -2.00. The Bertz CT molecular complexity index is 503. The smallest absolute Gasteiger partial charge is 0.330 e. The minimum atomic E-state index is -0.347. The van der Waals surface area contributed by atoms with Crippen LogP contribution in [0, 0.1) is 0 Å². The number of benzene rings is 1. The summed E-state index contributed by atoms with van der Waals surface area (Å²) in [6.45, 7) is 0.303.